The van der Waals surface area contributed by atoms with Crippen molar-refractivity contribution in [1.29, 1.82) is 0 Å². The maximum Gasteiger partial charge on any atom is 0.225 e. The Hall–Kier alpha value is -1.16. The maximum absolute atomic E-state index is 5.79. The molecule has 2 heterocycles. The van der Waals surface area contributed by atoms with Gasteiger partial charge in [0, 0.05) is 31.5 Å². The van der Waals surface area contributed by atoms with Gasteiger partial charge in [-0.15, -0.1) is 0 Å². The molecule has 1 saturated heterocycles. The van der Waals surface area contributed by atoms with Crippen molar-refractivity contribution in [3.05, 3.63) is 18.0 Å². The van der Waals surface area contributed by atoms with E-state index in [9.17, 15) is 0 Å². The van der Waals surface area contributed by atoms with Gasteiger partial charge in [-0.3, -0.25) is 0 Å². The van der Waals surface area contributed by atoms with Crippen LogP contribution in [0.1, 0.15) is 51.0 Å². The third kappa shape index (κ3) is 3.90. The van der Waals surface area contributed by atoms with Gasteiger partial charge in [0.1, 0.15) is 0 Å². The van der Waals surface area contributed by atoms with Crippen LogP contribution in [0.15, 0.2) is 12.4 Å². The van der Waals surface area contributed by atoms with E-state index >= 15 is 0 Å². The van der Waals surface area contributed by atoms with Crippen molar-refractivity contribution in [2.24, 2.45) is 5.73 Å². The number of rotatable bonds is 7. The first-order valence-corrected chi connectivity index (χ1v) is 7.62. The highest BCUT2D eigenvalue weighted by molar-refractivity contribution is 5.33. The van der Waals surface area contributed by atoms with Gasteiger partial charge in [0.05, 0.1) is 0 Å². The van der Waals surface area contributed by atoms with Crippen LogP contribution in [0.4, 0.5) is 5.95 Å². The van der Waals surface area contributed by atoms with Crippen LogP contribution in [0, 0.1) is 0 Å². The van der Waals surface area contributed by atoms with Crippen LogP contribution >= 0.6 is 0 Å². The zero-order valence-corrected chi connectivity index (χ0v) is 12.0. The Morgan fingerprint density at radius 1 is 1.26 bits per heavy atom. The average molecular weight is 262 g/mol. The molecule has 1 fully saturated rings. The third-order valence-corrected chi connectivity index (χ3v) is 3.92. The molecule has 0 bridgehead atoms. The van der Waals surface area contributed by atoms with Crippen LogP contribution in [0.2, 0.25) is 0 Å². The van der Waals surface area contributed by atoms with Crippen molar-refractivity contribution in [3.63, 3.8) is 0 Å². The highest BCUT2D eigenvalue weighted by Crippen LogP contribution is 2.21. The summed E-state index contributed by atoms with van der Waals surface area (Å²) >= 11 is 0. The molecule has 1 unspecified atom stereocenters. The Morgan fingerprint density at radius 2 is 2.05 bits per heavy atom. The number of aryl methyl sites for hydroxylation is 1. The van der Waals surface area contributed by atoms with Crippen molar-refractivity contribution in [1.82, 2.24) is 9.97 Å². The SMILES string of the molecule is CCCCCCc1cnc(N2CCCC2CN)nc1. The molecule has 1 aromatic heterocycles. The van der Waals surface area contributed by atoms with Gasteiger partial charge in [0.15, 0.2) is 0 Å². The van der Waals surface area contributed by atoms with Crippen LogP contribution in [-0.4, -0.2) is 29.1 Å². The molecule has 1 aliphatic rings. The normalized spacial score (nSPS) is 19.1. The summed E-state index contributed by atoms with van der Waals surface area (Å²) in [6, 6.07) is 0.426. The summed E-state index contributed by atoms with van der Waals surface area (Å²) in [5.74, 6) is 0.852. The maximum atomic E-state index is 5.79. The van der Waals surface area contributed by atoms with E-state index in [0.717, 1.165) is 18.9 Å². The van der Waals surface area contributed by atoms with Crippen molar-refractivity contribution < 1.29 is 0 Å². The third-order valence-electron chi connectivity index (χ3n) is 3.92. The van der Waals surface area contributed by atoms with E-state index < -0.39 is 0 Å². The summed E-state index contributed by atoms with van der Waals surface area (Å²) in [7, 11) is 0. The van der Waals surface area contributed by atoms with E-state index in [1.54, 1.807) is 0 Å². The minimum Gasteiger partial charge on any atom is -0.337 e. The van der Waals surface area contributed by atoms with Gasteiger partial charge in [0.2, 0.25) is 5.95 Å². The lowest BCUT2D eigenvalue weighted by atomic mass is 10.1. The fourth-order valence-electron chi connectivity index (χ4n) is 2.73. The van der Waals surface area contributed by atoms with Crippen molar-refractivity contribution in [3.8, 4) is 0 Å². The molecule has 0 spiro atoms. The second kappa shape index (κ2) is 7.43. The first-order valence-electron chi connectivity index (χ1n) is 7.62. The lowest BCUT2D eigenvalue weighted by Gasteiger charge is -2.23. The summed E-state index contributed by atoms with van der Waals surface area (Å²) in [6.07, 6.45) is 12.6. The number of hydrogen-bond acceptors (Lipinski definition) is 4. The van der Waals surface area contributed by atoms with E-state index in [4.69, 9.17) is 5.73 Å². The van der Waals surface area contributed by atoms with Gasteiger partial charge < -0.3 is 10.6 Å². The monoisotopic (exact) mass is 262 g/mol. The van der Waals surface area contributed by atoms with Gasteiger partial charge in [-0.2, -0.15) is 0 Å². The zero-order valence-electron chi connectivity index (χ0n) is 12.0. The van der Waals surface area contributed by atoms with Gasteiger partial charge in [-0.05, 0) is 31.2 Å². The minimum absolute atomic E-state index is 0.426. The number of aromatic nitrogens is 2. The van der Waals surface area contributed by atoms with Gasteiger partial charge in [-0.1, -0.05) is 26.2 Å². The lowest BCUT2D eigenvalue weighted by molar-refractivity contribution is 0.656. The zero-order chi connectivity index (χ0) is 13.5. The average Bonchev–Trinajstić information content (AvgIpc) is 2.93. The Bertz CT molecular complexity index is 363. The van der Waals surface area contributed by atoms with Crippen LogP contribution in [-0.2, 0) is 6.42 Å². The fourth-order valence-corrected chi connectivity index (χ4v) is 2.73. The van der Waals surface area contributed by atoms with Gasteiger partial charge >= 0.3 is 0 Å². The molecule has 0 aromatic carbocycles. The molecule has 0 amide bonds. The number of unbranched alkanes of at least 4 members (excludes halogenated alkanes) is 3. The van der Waals surface area contributed by atoms with Gasteiger partial charge in [-0.25, -0.2) is 9.97 Å². The summed E-state index contributed by atoms with van der Waals surface area (Å²) in [6.45, 7) is 3.97. The minimum atomic E-state index is 0.426. The topological polar surface area (TPSA) is 55.0 Å². The van der Waals surface area contributed by atoms with E-state index in [-0.39, 0.29) is 0 Å². The molecule has 2 N–H and O–H groups in total. The Morgan fingerprint density at radius 3 is 2.74 bits per heavy atom. The molecule has 4 nitrogen and oxygen atoms in total. The largest absolute Gasteiger partial charge is 0.337 e. The predicted octanol–water partition coefficient (Wildman–Crippen LogP) is 2.53. The van der Waals surface area contributed by atoms with E-state index in [0.29, 0.717) is 12.6 Å². The quantitative estimate of drug-likeness (QED) is 0.767. The van der Waals surface area contributed by atoms with Crippen LogP contribution in [0.25, 0.3) is 0 Å². The fraction of sp³-hybridized carbons (Fsp3) is 0.733. The summed E-state index contributed by atoms with van der Waals surface area (Å²) in [5, 5.41) is 0. The second-order valence-corrected chi connectivity index (χ2v) is 5.43. The molecule has 0 saturated carbocycles. The molecule has 1 aliphatic heterocycles. The van der Waals surface area contributed by atoms with E-state index in [1.807, 2.05) is 12.4 Å². The molecule has 1 atom stereocenters. The number of hydrogen-bond donors (Lipinski definition) is 1. The van der Waals surface area contributed by atoms with Gasteiger partial charge in [0.25, 0.3) is 0 Å². The predicted molar refractivity (Wildman–Crippen MR) is 79.3 cm³/mol. The standard InChI is InChI=1S/C15H26N4/c1-2-3-4-5-7-13-11-17-15(18-12-13)19-9-6-8-14(19)10-16/h11-12,14H,2-10,16H2,1H3. The molecular formula is C15H26N4. The molecule has 19 heavy (non-hydrogen) atoms. The van der Waals surface area contributed by atoms with Crippen LogP contribution in [0.5, 0.6) is 0 Å². The highest BCUT2D eigenvalue weighted by atomic mass is 15.3. The Balaban J connectivity index is 1.87. The molecule has 0 radical (unpaired) electrons. The van der Waals surface area contributed by atoms with E-state index in [1.165, 1.54) is 44.1 Å². The van der Waals surface area contributed by atoms with Crippen molar-refractivity contribution in [2.45, 2.75) is 57.9 Å². The Labute approximate surface area is 116 Å². The highest BCUT2D eigenvalue weighted by Gasteiger charge is 2.24. The summed E-state index contributed by atoms with van der Waals surface area (Å²) in [5.41, 5.74) is 7.04. The number of anilines is 1. The molecule has 4 heteroatoms. The molecule has 2 rings (SSSR count). The summed E-state index contributed by atoms with van der Waals surface area (Å²) in [4.78, 5) is 11.3. The molecule has 1 aromatic rings. The van der Waals surface area contributed by atoms with Crippen molar-refractivity contribution in [2.75, 3.05) is 18.0 Å². The van der Waals surface area contributed by atoms with Crippen molar-refractivity contribution >= 4 is 5.95 Å². The molecule has 0 aliphatic carbocycles. The molecular weight excluding hydrogens is 236 g/mol. The smallest absolute Gasteiger partial charge is 0.225 e. The number of nitrogens with two attached hydrogens (primary N) is 1. The second-order valence-electron chi connectivity index (χ2n) is 5.43. The van der Waals surface area contributed by atoms with Crippen LogP contribution in [0.3, 0.4) is 0 Å². The Kier molecular flexibility index (Phi) is 5.58. The van der Waals surface area contributed by atoms with Crippen LogP contribution < -0.4 is 10.6 Å². The first-order chi connectivity index (χ1) is 9.35. The number of nitrogens with zero attached hydrogens (tertiary/aromatic N) is 3. The lowest BCUT2D eigenvalue weighted by Crippen LogP contribution is -2.36. The molecule has 106 valence electrons. The first kappa shape index (κ1) is 14.3. The summed E-state index contributed by atoms with van der Waals surface area (Å²) < 4.78 is 0. The van der Waals surface area contributed by atoms with E-state index in [2.05, 4.69) is 21.8 Å².